The first-order valence-corrected chi connectivity index (χ1v) is 8.08. The molecule has 0 saturated carbocycles. The second-order valence-corrected chi connectivity index (χ2v) is 5.87. The maximum atomic E-state index is 12.5. The monoisotopic (exact) mass is 351 g/mol. The summed E-state index contributed by atoms with van der Waals surface area (Å²) in [5.41, 5.74) is 1.85. The van der Waals surface area contributed by atoms with Crippen molar-refractivity contribution in [3.8, 4) is 0 Å². The van der Waals surface area contributed by atoms with Crippen molar-refractivity contribution >= 4 is 35.0 Å². The number of nitrogens with zero attached hydrogens (tertiary/aromatic N) is 1. The van der Waals surface area contributed by atoms with E-state index in [1.807, 2.05) is 0 Å². The Hall–Kier alpha value is -3.48. The smallest absolute Gasteiger partial charge is 0.261 e. The molecule has 0 bridgehead atoms. The Morgan fingerprint density at radius 2 is 1.58 bits per heavy atom. The summed E-state index contributed by atoms with van der Waals surface area (Å²) >= 11 is 0. The molecule has 3 rings (SSSR count). The van der Waals surface area contributed by atoms with Gasteiger partial charge in [-0.1, -0.05) is 13.0 Å². The largest absolute Gasteiger partial charge is 0.326 e. The van der Waals surface area contributed by atoms with Crippen molar-refractivity contribution in [3.05, 3.63) is 59.2 Å². The summed E-state index contributed by atoms with van der Waals surface area (Å²) in [6, 6.07) is 11.2. The minimum Gasteiger partial charge on any atom is -0.326 e. The number of hydrogen-bond donors (Lipinski definition) is 2. The van der Waals surface area contributed by atoms with E-state index in [0.717, 1.165) is 4.90 Å². The molecule has 7 heteroatoms. The molecule has 132 valence electrons. The maximum absolute atomic E-state index is 12.5. The van der Waals surface area contributed by atoms with Crippen molar-refractivity contribution < 1.29 is 19.2 Å². The first-order chi connectivity index (χ1) is 12.4. The van der Waals surface area contributed by atoms with Crippen LogP contribution in [0.25, 0.3) is 0 Å². The highest BCUT2D eigenvalue weighted by Crippen LogP contribution is 2.23. The number of nitrogens with one attached hydrogen (secondary N) is 2. The molecule has 2 N–H and O–H groups in total. The molecular weight excluding hydrogens is 334 g/mol. The molecule has 7 nitrogen and oxygen atoms in total. The van der Waals surface area contributed by atoms with Crippen molar-refractivity contribution in [3.63, 3.8) is 0 Å². The Kier molecular flexibility index (Phi) is 4.53. The summed E-state index contributed by atoms with van der Waals surface area (Å²) in [5.74, 6) is -1.35. The molecule has 0 fully saturated rings. The van der Waals surface area contributed by atoms with E-state index in [0.29, 0.717) is 23.4 Å². The third kappa shape index (κ3) is 3.19. The second-order valence-electron chi connectivity index (χ2n) is 5.87. The van der Waals surface area contributed by atoms with E-state index in [9.17, 15) is 19.2 Å². The van der Waals surface area contributed by atoms with Crippen molar-refractivity contribution in [2.45, 2.75) is 13.3 Å². The number of hydrogen-bond acceptors (Lipinski definition) is 4. The number of rotatable bonds is 4. The molecule has 0 aliphatic carbocycles. The summed E-state index contributed by atoms with van der Waals surface area (Å²) in [4.78, 5) is 48.9. The molecule has 1 heterocycles. The van der Waals surface area contributed by atoms with Gasteiger partial charge in [0, 0.05) is 30.4 Å². The molecule has 0 aromatic heterocycles. The zero-order valence-corrected chi connectivity index (χ0v) is 14.3. The highest BCUT2D eigenvalue weighted by atomic mass is 16.2. The van der Waals surface area contributed by atoms with Crippen LogP contribution < -0.4 is 10.6 Å². The van der Waals surface area contributed by atoms with Crippen LogP contribution in [-0.4, -0.2) is 35.6 Å². The Morgan fingerprint density at radius 3 is 2.27 bits per heavy atom. The summed E-state index contributed by atoms with van der Waals surface area (Å²) < 4.78 is 0. The van der Waals surface area contributed by atoms with Crippen molar-refractivity contribution in [1.82, 2.24) is 4.90 Å². The van der Waals surface area contributed by atoms with Crippen LogP contribution in [0.1, 0.15) is 44.4 Å². The first-order valence-electron chi connectivity index (χ1n) is 8.08. The molecule has 0 unspecified atom stereocenters. The fourth-order valence-corrected chi connectivity index (χ4v) is 2.63. The molecule has 2 aromatic rings. The maximum Gasteiger partial charge on any atom is 0.261 e. The van der Waals surface area contributed by atoms with E-state index in [1.165, 1.54) is 25.2 Å². The molecule has 2 aromatic carbocycles. The van der Waals surface area contributed by atoms with Gasteiger partial charge in [0.1, 0.15) is 0 Å². The topological polar surface area (TPSA) is 95.6 Å². The molecule has 26 heavy (non-hydrogen) atoms. The molecule has 0 spiro atoms. The van der Waals surface area contributed by atoms with Crippen LogP contribution in [0.15, 0.2) is 42.5 Å². The van der Waals surface area contributed by atoms with Gasteiger partial charge < -0.3 is 10.6 Å². The number of anilines is 2. The number of imide groups is 1. The van der Waals surface area contributed by atoms with Crippen LogP contribution in [0.2, 0.25) is 0 Å². The van der Waals surface area contributed by atoms with Crippen LogP contribution in [-0.2, 0) is 4.79 Å². The third-order valence-corrected chi connectivity index (χ3v) is 4.08. The summed E-state index contributed by atoms with van der Waals surface area (Å²) in [6.45, 7) is 1.75. The van der Waals surface area contributed by atoms with Gasteiger partial charge in [0.15, 0.2) is 0 Å². The predicted molar refractivity (Wildman–Crippen MR) is 96.2 cm³/mol. The van der Waals surface area contributed by atoms with Crippen LogP contribution in [0, 0.1) is 0 Å². The van der Waals surface area contributed by atoms with E-state index >= 15 is 0 Å². The minimum absolute atomic E-state index is 0.126. The highest BCUT2D eigenvalue weighted by molar-refractivity contribution is 6.22. The third-order valence-electron chi connectivity index (χ3n) is 4.08. The Balaban J connectivity index is 1.80. The predicted octanol–water partition coefficient (Wildman–Crippen LogP) is 2.51. The lowest BCUT2D eigenvalue weighted by atomic mass is 10.1. The van der Waals surface area contributed by atoms with E-state index in [2.05, 4.69) is 10.6 Å². The molecular formula is C19H17N3O4. The van der Waals surface area contributed by atoms with Crippen LogP contribution in [0.5, 0.6) is 0 Å². The SMILES string of the molecule is CCC(=O)Nc1cccc(NC(=O)c2ccc3c(c2)C(=O)N(C)C3=O)c1. The fraction of sp³-hybridized carbons (Fsp3) is 0.158. The van der Waals surface area contributed by atoms with Gasteiger partial charge in [0.25, 0.3) is 17.7 Å². The van der Waals surface area contributed by atoms with Gasteiger partial charge in [0.2, 0.25) is 5.91 Å². The number of amides is 4. The summed E-state index contributed by atoms with van der Waals surface area (Å²) in [6.07, 6.45) is 0.354. The zero-order valence-electron chi connectivity index (χ0n) is 14.3. The number of carbonyl (C=O) groups is 4. The molecule has 0 saturated heterocycles. The average molecular weight is 351 g/mol. The lowest BCUT2D eigenvalue weighted by Crippen LogP contribution is -2.24. The zero-order chi connectivity index (χ0) is 18.8. The van der Waals surface area contributed by atoms with E-state index in [1.54, 1.807) is 31.2 Å². The fourth-order valence-electron chi connectivity index (χ4n) is 2.63. The van der Waals surface area contributed by atoms with Gasteiger partial charge in [-0.15, -0.1) is 0 Å². The summed E-state index contributed by atoms with van der Waals surface area (Å²) in [7, 11) is 1.40. The Bertz CT molecular complexity index is 936. The van der Waals surface area contributed by atoms with Crippen LogP contribution in [0.4, 0.5) is 11.4 Å². The van der Waals surface area contributed by atoms with E-state index in [-0.39, 0.29) is 22.9 Å². The number of benzene rings is 2. The molecule has 4 amide bonds. The number of fused-ring (bicyclic) bond motifs is 1. The molecule has 1 aliphatic heterocycles. The Morgan fingerprint density at radius 1 is 0.923 bits per heavy atom. The Labute approximate surface area is 150 Å². The molecule has 1 aliphatic rings. The van der Waals surface area contributed by atoms with Crippen LogP contribution >= 0.6 is 0 Å². The normalized spacial score (nSPS) is 12.8. The lowest BCUT2D eigenvalue weighted by Gasteiger charge is -2.09. The second kappa shape index (κ2) is 6.79. The van der Waals surface area contributed by atoms with Crippen molar-refractivity contribution in [2.24, 2.45) is 0 Å². The minimum atomic E-state index is -0.427. The van der Waals surface area contributed by atoms with Gasteiger partial charge in [-0.05, 0) is 36.4 Å². The quantitative estimate of drug-likeness (QED) is 0.828. The summed E-state index contributed by atoms with van der Waals surface area (Å²) in [5, 5.41) is 5.43. The molecule has 0 atom stereocenters. The average Bonchev–Trinajstić information content (AvgIpc) is 2.86. The first kappa shape index (κ1) is 17.3. The van der Waals surface area contributed by atoms with Crippen molar-refractivity contribution in [2.75, 3.05) is 17.7 Å². The molecule has 0 radical (unpaired) electrons. The van der Waals surface area contributed by atoms with Crippen LogP contribution in [0.3, 0.4) is 0 Å². The van der Waals surface area contributed by atoms with Crippen molar-refractivity contribution in [1.29, 1.82) is 0 Å². The van der Waals surface area contributed by atoms with Gasteiger partial charge in [-0.3, -0.25) is 24.1 Å². The van der Waals surface area contributed by atoms with Gasteiger partial charge in [-0.2, -0.15) is 0 Å². The standard InChI is InChI=1S/C19H17N3O4/c1-3-16(23)20-12-5-4-6-13(10-12)21-17(24)11-7-8-14-15(9-11)19(26)22(2)18(14)25/h4-10H,3H2,1-2H3,(H,20,23)(H,21,24). The van der Waals surface area contributed by atoms with Gasteiger partial charge in [0.05, 0.1) is 11.1 Å². The van der Waals surface area contributed by atoms with Gasteiger partial charge >= 0.3 is 0 Å². The number of carbonyl (C=O) groups excluding carboxylic acids is 4. The lowest BCUT2D eigenvalue weighted by molar-refractivity contribution is -0.115. The van der Waals surface area contributed by atoms with Gasteiger partial charge in [-0.25, -0.2) is 0 Å². The van der Waals surface area contributed by atoms with E-state index < -0.39 is 11.8 Å². The van der Waals surface area contributed by atoms with E-state index in [4.69, 9.17) is 0 Å². The highest BCUT2D eigenvalue weighted by Gasteiger charge is 2.33.